The molecule has 9 heteroatoms. The van der Waals surface area contributed by atoms with Crippen molar-refractivity contribution in [2.24, 2.45) is 0 Å². The maximum atomic E-state index is 12.4. The number of ketones is 1. The zero-order valence-corrected chi connectivity index (χ0v) is 18.3. The van der Waals surface area contributed by atoms with E-state index in [0.29, 0.717) is 21.8 Å². The van der Waals surface area contributed by atoms with Gasteiger partial charge in [-0.1, -0.05) is 0 Å². The smallest absolute Gasteiger partial charge is 0.341 e. The molecule has 0 spiro atoms. The molecule has 0 fully saturated rings. The Labute approximate surface area is 181 Å². The predicted octanol–water partition coefficient (Wildman–Crippen LogP) is 3.87. The van der Waals surface area contributed by atoms with Crippen LogP contribution in [0.5, 0.6) is 5.75 Å². The summed E-state index contributed by atoms with van der Waals surface area (Å²) in [5, 5.41) is 3.62. The van der Waals surface area contributed by atoms with Gasteiger partial charge in [0.05, 0.1) is 17.0 Å². The van der Waals surface area contributed by atoms with Gasteiger partial charge in [0.1, 0.15) is 16.3 Å². The van der Waals surface area contributed by atoms with E-state index in [0.717, 1.165) is 22.3 Å². The van der Waals surface area contributed by atoms with Crippen LogP contribution >= 0.6 is 11.3 Å². The number of thiophene rings is 1. The summed E-state index contributed by atoms with van der Waals surface area (Å²) in [5.41, 5.74) is 1.28. The fourth-order valence-corrected chi connectivity index (χ4v) is 4.20. The van der Waals surface area contributed by atoms with Gasteiger partial charge in [0, 0.05) is 17.5 Å². The van der Waals surface area contributed by atoms with Crippen LogP contribution < -0.4 is 15.7 Å². The fourth-order valence-electron chi connectivity index (χ4n) is 3.09. The van der Waals surface area contributed by atoms with Crippen molar-refractivity contribution in [2.75, 3.05) is 18.5 Å². The fraction of sp³-hybridized carbons (Fsp3) is 0.273. The third-order valence-electron chi connectivity index (χ3n) is 4.49. The lowest BCUT2D eigenvalue weighted by Crippen LogP contribution is -2.21. The molecule has 0 saturated carbocycles. The first kappa shape index (κ1) is 22.2. The predicted molar refractivity (Wildman–Crippen MR) is 116 cm³/mol. The molecule has 0 saturated heterocycles. The monoisotopic (exact) mass is 443 g/mol. The zero-order valence-electron chi connectivity index (χ0n) is 17.5. The first-order chi connectivity index (χ1) is 14.7. The van der Waals surface area contributed by atoms with E-state index in [1.54, 1.807) is 32.9 Å². The number of fused-ring (bicyclic) bond motifs is 1. The molecule has 2 heterocycles. The molecule has 1 N–H and O–H groups in total. The van der Waals surface area contributed by atoms with Crippen molar-refractivity contribution in [3.05, 3.63) is 56.3 Å². The number of benzene rings is 1. The minimum atomic E-state index is -0.611. The zero-order chi connectivity index (χ0) is 22.7. The van der Waals surface area contributed by atoms with Gasteiger partial charge < -0.3 is 19.2 Å². The van der Waals surface area contributed by atoms with Crippen molar-refractivity contribution in [1.82, 2.24) is 0 Å². The Kier molecular flexibility index (Phi) is 6.55. The molecule has 0 atom stereocenters. The molecule has 0 unspecified atom stereocenters. The Hall–Kier alpha value is -3.46. The van der Waals surface area contributed by atoms with Gasteiger partial charge in [0.15, 0.2) is 12.4 Å². The van der Waals surface area contributed by atoms with Crippen LogP contribution in [0.4, 0.5) is 5.00 Å². The molecule has 8 nitrogen and oxygen atoms in total. The summed E-state index contributed by atoms with van der Waals surface area (Å²) in [5.74, 6) is -1.00. The van der Waals surface area contributed by atoms with Crippen molar-refractivity contribution >= 4 is 45.0 Å². The number of esters is 1. The number of hydrogen-bond donors (Lipinski definition) is 1. The first-order valence-electron chi connectivity index (χ1n) is 9.49. The molecule has 3 aromatic rings. The Bertz CT molecular complexity index is 1240. The van der Waals surface area contributed by atoms with E-state index < -0.39 is 17.5 Å². The van der Waals surface area contributed by atoms with Crippen LogP contribution in [-0.2, 0) is 9.53 Å². The molecule has 0 aliphatic heterocycles. The molecule has 0 aliphatic carbocycles. The van der Waals surface area contributed by atoms with Gasteiger partial charge in [0.2, 0.25) is 0 Å². The number of amides is 1. The van der Waals surface area contributed by atoms with Crippen molar-refractivity contribution < 1.29 is 28.3 Å². The van der Waals surface area contributed by atoms with E-state index >= 15 is 0 Å². The van der Waals surface area contributed by atoms with E-state index in [1.807, 2.05) is 0 Å². The lowest BCUT2D eigenvalue weighted by molar-refractivity contribution is -0.118. The summed E-state index contributed by atoms with van der Waals surface area (Å²) in [6.45, 7) is 6.31. The van der Waals surface area contributed by atoms with Gasteiger partial charge in [-0.15, -0.1) is 11.3 Å². The SMILES string of the molecule is CCOC(=O)c1c(NC(=O)COc2ccc3c(C)cc(=O)oc3c2)sc(C(C)=O)c1C. The summed E-state index contributed by atoms with van der Waals surface area (Å²) in [4.78, 5) is 48.5. The number of Topliss-reactive ketones (excluding diaryl/α,β-unsaturated/α-hetero) is 1. The van der Waals surface area contributed by atoms with E-state index in [1.165, 1.54) is 19.1 Å². The van der Waals surface area contributed by atoms with Crippen LogP contribution in [-0.4, -0.2) is 30.9 Å². The molecule has 1 aromatic carbocycles. The number of hydrogen-bond acceptors (Lipinski definition) is 8. The second-order valence-electron chi connectivity index (χ2n) is 6.78. The molecular formula is C22H21NO7S. The molecule has 0 aliphatic rings. The van der Waals surface area contributed by atoms with E-state index in [9.17, 15) is 19.2 Å². The second kappa shape index (κ2) is 9.13. The normalized spacial score (nSPS) is 10.7. The van der Waals surface area contributed by atoms with Crippen molar-refractivity contribution in [2.45, 2.75) is 27.7 Å². The van der Waals surface area contributed by atoms with E-state index in [-0.39, 0.29) is 29.6 Å². The highest BCUT2D eigenvalue weighted by atomic mass is 32.1. The van der Waals surface area contributed by atoms with Crippen LogP contribution in [0.1, 0.15) is 45.0 Å². The topological polar surface area (TPSA) is 112 Å². The minimum absolute atomic E-state index is 0.161. The molecule has 162 valence electrons. The minimum Gasteiger partial charge on any atom is -0.484 e. The number of anilines is 1. The van der Waals surface area contributed by atoms with Crippen LogP contribution in [0.25, 0.3) is 11.0 Å². The van der Waals surface area contributed by atoms with Gasteiger partial charge >= 0.3 is 11.6 Å². The van der Waals surface area contributed by atoms with Crippen molar-refractivity contribution in [3.8, 4) is 5.75 Å². The summed E-state index contributed by atoms with van der Waals surface area (Å²) in [7, 11) is 0. The molecular weight excluding hydrogens is 422 g/mol. The highest BCUT2D eigenvalue weighted by Gasteiger charge is 2.25. The third kappa shape index (κ3) is 4.83. The lowest BCUT2D eigenvalue weighted by Gasteiger charge is -2.09. The molecule has 3 rings (SSSR count). The Morgan fingerprint density at radius 2 is 1.90 bits per heavy atom. The van der Waals surface area contributed by atoms with Crippen molar-refractivity contribution in [1.29, 1.82) is 0 Å². The largest absolute Gasteiger partial charge is 0.484 e. The standard InChI is InChI=1S/C22H21NO7S/c1-5-28-22(27)19-12(3)20(13(4)24)31-21(19)23-17(25)10-29-14-6-7-15-11(2)8-18(26)30-16(15)9-14/h6-9H,5,10H2,1-4H3,(H,23,25). The molecule has 0 bridgehead atoms. The highest BCUT2D eigenvalue weighted by molar-refractivity contribution is 7.18. The average Bonchev–Trinajstić information content (AvgIpc) is 3.02. The number of nitrogens with one attached hydrogen (secondary N) is 1. The molecule has 0 radical (unpaired) electrons. The summed E-state index contributed by atoms with van der Waals surface area (Å²) in [6.07, 6.45) is 0. The highest BCUT2D eigenvalue weighted by Crippen LogP contribution is 2.34. The number of carbonyl (C=O) groups excluding carboxylic acids is 3. The molecule has 2 aromatic heterocycles. The lowest BCUT2D eigenvalue weighted by atomic mass is 10.1. The first-order valence-corrected chi connectivity index (χ1v) is 10.3. The van der Waals surface area contributed by atoms with Crippen LogP contribution in [0.2, 0.25) is 0 Å². The van der Waals surface area contributed by atoms with Gasteiger partial charge in [-0.3, -0.25) is 9.59 Å². The summed E-state index contributed by atoms with van der Waals surface area (Å²) < 4.78 is 15.7. The maximum Gasteiger partial charge on any atom is 0.341 e. The second-order valence-corrected chi connectivity index (χ2v) is 7.80. The summed E-state index contributed by atoms with van der Waals surface area (Å²) in [6, 6.07) is 6.33. The van der Waals surface area contributed by atoms with Crippen LogP contribution in [0, 0.1) is 13.8 Å². The van der Waals surface area contributed by atoms with Crippen LogP contribution in [0.3, 0.4) is 0 Å². The average molecular weight is 443 g/mol. The van der Waals surface area contributed by atoms with Gasteiger partial charge in [0.25, 0.3) is 5.91 Å². The Morgan fingerprint density at radius 1 is 1.16 bits per heavy atom. The van der Waals surface area contributed by atoms with E-state index in [4.69, 9.17) is 13.9 Å². The number of rotatable bonds is 7. The number of ether oxygens (including phenoxy) is 2. The van der Waals surface area contributed by atoms with Gasteiger partial charge in [-0.2, -0.15) is 0 Å². The number of aryl methyl sites for hydroxylation is 1. The van der Waals surface area contributed by atoms with Gasteiger partial charge in [-0.05, 0) is 51.0 Å². The van der Waals surface area contributed by atoms with Gasteiger partial charge in [-0.25, -0.2) is 9.59 Å². The Balaban J connectivity index is 1.77. The third-order valence-corrected chi connectivity index (χ3v) is 5.80. The molecule has 1 amide bonds. The maximum absolute atomic E-state index is 12.4. The summed E-state index contributed by atoms with van der Waals surface area (Å²) >= 11 is 1.02. The Morgan fingerprint density at radius 3 is 2.58 bits per heavy atom. The van der Waals surface area contributed by atoms with E-state index in [2.05, 4.69) is 5.32 Å². The quantitative estimate of drug-likeness (QED) is 0.335. The number of carbonyl (C=O) groups is 3. The van der Waals surface area contributed by atoms with Crippen molar-refractivity contribution in [3.63, 3.8) is 0 Å². The van der Waals surface area contributed by atoms with Crippen LogP contribution in [0.15, 0.2) is 33.5 Å². The molecule has 31 heavy (non-hydrogen) atoms.